The highest BCUT2D eigenvalue weighted by Gasteiger charge is 2.07. The lowest BCUT2D eigenvalue weighted by Gasteiger charge is -2.07. The van der Waals surface area contributed by atoms with E-state index in [-0.39, 0.29) is 5.91 Å². The van der Waals surface area contributed by atoms with E-state index in [0.717, 1.165) is 5.69 Å². The summed E-state index contributed by atoms with van der Waals surface area (Å²) in [6, 6.07) is 7.25. The number of thiazole rings is 1. The summed E-state index contributed by atoms with van der Waals surface area (Å²) in [5, 5.41) is 5.70. The average Bonchev–Trinajstić information content (AvgIpc) is 2.93. The first-order valence-corrected chi connectivity index (χ1v) is 8.16. The van der Waals surface area contributed by atoms with Gasteiger partial charge in [0.05, 0.1) is 23.2 Å². The van der Waals surface area contributed by atoms with Crippen LogP contribution in [0.4, 0.5) is 5.13 Å². The average molecular weight is 345 g/mol. The van der Waals surface area contributed by atoms with Crippen LogP contribution in [-0.4, -0.2) is 17.5 Å². The minimum absolute atomic E-state index is 0.0896. The van der Waals surface area contributed by atoms with E-state index in [0.29, 0.717) is 41.2 Å². The number of para-hydroxylation sites is 1. The van der Waals surface area contributed by atoms with Crippen LogP contribution in [0.25, 0.3) is 0 Å². The number of halogens is 2. The van der Waals surface area contributed by atoms with Crippen LogP contribution in [0.5, 0.6) is 5.75 Å². The van der Waals surface area contributed by atoms with Gasteiger partial charge in [-0.25, -0.2) is 4.98 Å². The highest BCUT2D eigenvalue weighted by atomic mass is 35.5. The summed E-state index contributed by atoms with van der Waals surface area (Å²) >= 11 is 13.0. The molecule has 0 bridgehead atoms. The van der Waals surface area contributed by atoms with E-state index in [1.54, 1.807) is 12.1 Å². The second-order valence-corrected chi connectivity index (χ2v) is 5.74. The van der Waals surface area contributed by atoms with Gasteiger partial charge in [-0.3, -0.25) is 4.79 Å². The topological polar surface area (TPSA) is 51.2 Å². The molecule has 0 radical (unpaired) electrons. The third kappa shape index (κ3) is 5.19. The van der Waals surface area contributed by atoms with Gasteiger partial charge in [-0.1, -0.05) is 23.7 Å². The zero-order valence-corrected chi connectivity index (χ0v) is 13.5. The molecular formula is C14H14Cl2N2O2S. The highest BCUT2D eigenvalue weighted by Crippen LogP contribution is 2.23. The Morgan fingerprint density at radius 1 is 1.38 bits per heavy atom. The Morgan fingerprint density at radius 3 is 2.90 bits per heavy atom. The van der Waals surface area contributed by atoms with Crippen LogP contribution in [0.2, 0.25) is 5.02 Å². The van der Waals surface area contributed by atoms with E-state index in [1.165, 1.54) is 11.3 Å². The Labute approximate surface area is 137 Å². The number of carbonyl (C=O) groups excluding carboxylic acids is 1. The molecule has 1 amide bonds. The van der Waals surface area contributed by atoms with E-state index in [2.05, 4.69) is 10.3 Å². The van der Waals surface area contributed by atoms with Crippen LogP contribution >= 0.6 is 34.5 Å². The first-order valence-electron chi connectivity index (χ1n) is 6.36. The Hall–Kier alpha value is -1.30. The molecule has 0 aliphatic rings. The maximum atomic E-state index is 11.7. The summed E-state index contributed by atoms with van der Waals surface area (Å²) in [7, 11) is 0. The Bertz CT molecular complexity index is 604. The normalized spacial score (nSPS) is 10.4. The van der Waals surface area contributed by atoms with Crippen molar-refractivity contribution in [3.63, 3.8) is 0 Å². The summed E-state index contributed by atoms with van der Waals surface area (Å²) in [6.07, 6.45) is 0.963. The van der Waals surface area contributed by atoms with Crippen molar-refractivity contribution in [2.45, 2.75) is 18.7 Å². The number of rotatable bonds is 7. The molecule has 0 saturated carbocycles. The lowest BCUT2D eigenvalue weighted by Crippen LogP contribution is -2.12. The lowest BCUT2D eigenvalue weighted by molar-refractivity contribution is -0.116. The maximum absolute atomic E-state index is 11.7. The minimum Gasteiger partial charge on any atom is -0.492 e. The quantitative estimate of drug-likeness (QED) is 0.600. The molecule has 1 aromatic heterocycles. The number of ether oxygens (including phenoxy) is 1. The lowest BCUT2D eigenvalue weighted by atomic mass is 10.3. The maximum Gasteiger partial charge on any atom is 0.226 e. The van der Waals surface area contributed by atoms with Gasteiger partial charge >= 0.3 is 0 Å². The van der Waals surface area contributed by atoms with Gasteiger partial charge in [0.1, 0.15) is 5.75 Å². The van der Waals surface area contributed by atoms with Crippen LogP contribution in [0.3, 0.4) is 0 Å². The van der Waals surface area contributed by atoms with Crippen LogP contribution in [0.15, 0.2) is 29.6 Å². The van der Waals surface area contributed by atoms with E-state index in [1.807, 2.05) is 17.5 Å². The third-order valence-electron chi connectivity index (χ3n) is 2.58. The van der Waals surface area contributed by atoms with Gasteiger partial charge in [-0.2, -0.15) is 0 Å². The number of alkyl halides is 1. The summed E-state index contributed by atoms with van der Waals surface area (Å²) in [5.74, 6) is 0.886. The molecule has 112 valence electrons. The van der Waals surface area contributed by atoms with Crippen molar-refractivity contribution in [2.24, 2.45) is 0 Å². The Morgan fingerprint density at radius 2 is 2.19 bits per heavy atom. The number of anilines is 1. The summed E-state index contributed by atoms with van der Waals surface area (Å²) in [4.78, 5) is 15.9. The molecule has 1 N–H and O–H groups in total. The molecule has 4 nitrogen and oxygen atoms in total. The molecule has 1 heterocycles. The van der Waals surface area contributed by atoms with Gasteiger partial charge in [0.15, 0.2) is 5.13 Å². The first-order chi connectivity index (χ1) is 10.2. The van der Waals surface area contributed by atoms with Crippen molar-refractivity contribution >= 4 is 45.6 Å². The predicted octanol–water partition coefficient (Wildman–Crippen LogP) is 4.33. The minimum atomic E-state index is -0.0896. The van der Waals surface area contributed by atoms with Crippen LogP contribution in [0.1, 0.15) is 18.5 Å². The molecule has 0 aliphatic heterocycles. The molecule has 0 aliphatic carbocycles. The molecule has 21 heavy (non-hydrogen) atoms. The van der Waals surface area contributed by atoms with Gasteiger partial charge in [0.2, 0.25) is 5.91 Å². The standard InChI is InChI=1S/C14H14Cl2N2O2S/c15-8-10-9-21-14(17-10)18-13(19)6-3-7-20-12-5-2-1-4-11(12)16/h1-2,4-5,9H,3,6-8H2,(H,17,18,19). The van der Waals surface area contributed by atoms with Crippen molar-refractivity contribution < 1.29 is 9.53 Å². The summed E-state index contributed by atoms with van der Waals surface area (Å²) in [6.45, 7) is 0.432. The van der Waals surface area contributed by atoms with Crippen LogP contribution in [0, 0.1) is 0 Å². The second kappa shape index (κ2) is 8.22. The molecular weight excluding hydrogens is 331 g/mol. The van der Waals surface area contributed by atoms with Crippen molar-refractivity contribution in [3.05, 3.63) is 40.4 Å². The molecule has 7 heteroatoms. The molecule has 0 fully saturated rings. The van der Waals surface area contributed by atoms with Gasteiger partial charge in [-0.05, 0) is 18.6 Å². The molecule has 0 spiro atoms. The molecule has 2 rings (SSSR count). The Balaban J connectivity index is 1.69. The number of carbonyl (C=O) groups is 1. The number of amides is 1. The van der Waals surface area contributed by atoms with Gasteiger partial charge in [0, 0.05) is 11.8 Å². The van der Waals surface area contributed by atoms with E-state index in [4.69, 9.17) is 27.9 Å². The van der Waals surface area contributed by atoms with Gasteiger partial charge < -0.3 is 10.1 Å². The van der Waals surface area contributed by atoms with Crippen LogP contribution in [-0.2, 0) is 10.7 Å². The van der Waals surface area contributed by atoms with Crippen molar-refractivity contribution in [1.29, 1.82) is 0 Å². The van der Waals surface area contributed by atoms with E-state index in [9.17, 15) is 4.79 Å². The van der Waals surface area contributed by atoms with Gasteiger partial charge in [0.25, 0.3) is 0 Å². The van der Waals surface area contributed by atoms with Gasteiger partial charge in [-0.15, -0.1) is 22.9 Å². The zero-order valence-electron chi connectivity index (χ0n) is 11.1. The zero-order chi connectivity index (χ0) is 15.1. The number of nitrogens with one attached hydrogen (secondary N) is 1. The third-order valence-corrected chi connectivity index (χ3v) is 3.97. The number of nitrogens with zero attached hydrogens (tertiary/aromatic N) is 1. The van der Waals surface area contributed by atoms with E-state index < -0.39 is 0 Å². The van der Waals surface area contributed by atoms with Crippen molar-refractivity contribution in [1.82, 2.24) is 4.98 Å². The van der Waals surface area contributed by atoms with E-state index >= 15 is 0 Å². The molecule has 0 saturated heterocycles. The smallest absolute Gasteiger partial charge is 0.226 e. The molecule has 0 unspecified atom stereocenters. The van der Waals surface area contributed by atoms with Crippen molar-refractivity contribution in [2.75, 3.05) is 11.9 Å². The number of benzene rings is 1. The summed E-state index contributed by atoms with van der Waals surface area (Å²) in [5.41, 5.74) is 0.763. The monoisotopic (exact) mass is 344 g/mol. The largest absolute Gasteiger partial charge is 0.492 e. The molecule has 1 aromatic carbocycles. The Kier molecular flexibility index (Phi) is 6.29. The van der Waals surface area contributed by atoms with Crippen molar-refractivity contribution in [3.8, 4) is 5.75 Å². The number of hydrogen-bond acceptors (Lipinski definition) is 4. The fourth-order valence-corrected chi connectivity index (χ4v) is 2.73. The number of aromatic nitrogens is 1. The predicted molar refractivity (Wildman–Crippen MR) is 86.5 cm³/mol. The first kappa shape index (κ1) is 16.1. The summed E-state index contributed by atoms with van der Waals surface area (Å²) < 4.78 is 5.52. The fourth-order valence-electron chi connectivity index (χ4n) is 1.58. The number of hydrogen-bond donors (Lipinski definition) is 1. The second-order valence-electron chi connectivity index (χ2n) is 4.21. The SMILES string of the molecule is O=C(CCCOc1ccccc1Cl)Nc1nc(CCl)cs1. The molecule has 0 atom stereocenters. The molecule has 2 aromatic rings. The van der Waals surface area contributed by atoms with Crippen LogP contribution < -0.4 is 10.1 Å². The fraction of sp³-hybridized carbons (Fsp3) is 0.286. The highest BCUT2D eigenvalue weighted by molar-refractivity contribution is 7.13.